The summed E-state index contributed by atoms with van der Waals surface area (Å²) in [5.41, 5.74) is 4.75. The van der Waals surface area contributed by atoms with Crippen molar-refractivity contribution >= 4 is 12.1 Å². The van der Waals surface area contributed by atoms with Crippen molar-refractivity contribution in [2.45, 2.75) is 19.8 Å². The van der Waals surface area contributed by atoms with E-state index in [1.807, 2.05) is 31.2 Å². The second-order valence-electron chi connectivity index (χ2n) is 3.92. The Morgan fingerprint density at radius 1 is 1.40 bits per heavy atom. The molecular weight excluding hydrogens is 188 g/mol. The Hall–Kier alpha value is -1.64. The molecule has 3 heteroatoms. The van der Waals surface area contributed by atoms with Crippen LogP contribution in [0.5, 0.6) is 0 Å². The molecule has 0 spiro atoms. The van der Waals surface area contributed by atoms with Crippen molar-refractivity contribution in [2.24, 2.45) is 11.0 Å². The van der Waals surface area contributed by atoms with Crippen molar-refractivity contribution < 1.29 is 4.79 Å². The van der Waals surface area contributed by atoms with Crippen LogP contribution in [0.4, 0.5) is 0 Å². The quantitative estimate of drug-likeness (QED) is 0.590. The zero-order chi connectivity index (χ0) is 10.7. The Bertz CT molecular complexity index is 377. The maximum Gasteiger partial charge on any atom is 0.243 e. The van der Waals surface area contributed by atoms with E-state index in [0.29, 0.717) is 0 Å². The molecule has 0 heterocycles. The van der Waals surface area contributed by atoms with Gasteiger partial charge in [-0.2, -0.15) is 5.10 Å². The Morgan fingerprint density at radius 3 is 2.67 bits per heavy atom. The molecule has 0 atom stereocenters. The first-order chi connectivity index (χ1) is 7.25. The topological polar surface area (TPSA) is 41.5 Å². The van der Waals surface area contributed by atoms with E-state index in [2.05, 4.69) is 10.5 Å². The van der Waals surface area contributed by atoms with Crippen molar-refractivity contribution in [1.82, 2.24) is 5.43 Å². The minimum Gasteiger partial charge on any atom is -0.273 e. The molecule has 15 heavy (non-hydrogen) atoms. The third kappa shape index (κ3) is 2.91. The Labute approximate surface area is 89.2 Å². The highest BCUT2D eigenvalue weighted by molar-refractivity contribution is 5.84. The van der Waals surface area contributed by atoms with Crippen LogP contribution in [0.25, 0.3) is 0 Å². The fourth-order valence-corrected chi connectivity index (χ4v) is 1.26. The summed E-state index contributed by atoms with van der Waals surface area (Å²) in [6, 6.07) is 7.98. The summed E-state index contributed by atoms with van der Waals surface area (Å²) in [6.07, 6.45) is 3.68. The smallest absolute Gasteiger partial charge is 0.243 e. The standard InChI is InChI=1S/C12H14N2O/c1-9-2-4-10(5-3-9)8-13-14-12(15)11-6-7-11/h2-5,8,11H,6-7H2,1H3,(H,14,15). The molecule has 1 saturated carbocycles. The van der Waals surface area contributed by atoms with Gasteiger partial charge in [-0.25, -0.2) is 5.43 Å². The normalized spacial score (nSPS) is 15.5. The van der Waals surface area contributed by atoms with Crippen molar-refractivity contribution in [2.75, 3.05) is 0 Å². The highest BCUT2D eigenvalue weighted by Crippen LogP contribution is 2.28. The molecule has 0 radical (unpaired) electrons. The number of hydrogen-bond donors (Lipinski definition) is 1. The van der Waals surface area contributed by atoms with E-state index in [9.17, 15) is 4.79 Å². The van der Waals surface area contributed by atoms with Crippen LogP contribution in [0, 0.1) is 12.8 Å². The largest absolute Gasteiger partial charge is 0.273 e. The number of rotatable bonds is 3. The minimum absolute atomic E-state index is 0.0401. The highest BCUT2D eigenvalue weighted by atomic mass is 16.2. The molecule has 1 aliphatic rings. The SMILES string of the molecule is Cc1ccc(C=NNC(=O)C2CC2)cc1. The molecule has 2 rings (SSSR count). The number of carbonyl (C=O) groups is 1. The van der Waals surface area contributed by atoms with Gasteiger partial charge in [0.1, 0.15) is 0 Å². The van der Waals surface area contributed by atoms with Gasteiger partial charge in [-0.3, -0.25) is 4.79 Å². The van der Waals surface area contributed by atoms with E-state index < -0.39 is 0 Å². The number of hydrazone groups is 1. The Morgan fingerprint density at radius 2 is 2.07 bits per heavy atom. The van der Waals surface area contributed by atoms with Crippen molar-refractivity contribution in [1.29, 1.82) is 0 Å². The van der Waals surface area contributed by atoms with Crippen molar-refractivity contribution in [3.8, 4) is 0 Å². The first kappa shape index (κ1) is 9.90. The molecule has 0 unspecified atom stereocenters. The number of nitrogens with zero attached hydrogens (tertiary/aromatic N) is 1. The van der Waals surface area contributed by atoms with E-state index >= 15 is 0 Å². The minimum atomic E-state index is 0.0401. The van der Waals surface area contributed by atoms with Gasteiger partial charge in [-0.1, -0.05) is 29.8 Å². The first-order valence-corrected chi connectivity index (χ1v) is 5.15. The van der Waals surface area contributed by atoms with E-state index in [-0.39, 0.29) is 11.8 Å². The molecule has 0 aromatic heterocycles. The average Bonchev–Trinajstić information content (AvgIpc) is 3.04. The predicted molar refractivity (Wildman–Crippen MR) is 59.6 cm³/mol. The van der Waals surface area contributed by atoms with Gasteiger partial charge in [-0.15, -0.1) is 0 Å². The predicted octanol–water partition coefficient (Wildman–Crippen LogP) is 1.86. The van der Waals surface area contributed by atoms with E-state index in [4.69, 9.17) is 0 Å². The van der Waals surface area contributed by atoms with Gasteiger partial charge in [-0.05, 0) is 25.3 Å². The fourth-order valence-electron chi connectivity index (χ4n) is 1.26. The third-order valence-corrected chi connectivity index (χ3v) is 2.41. The molecule has 1 fully saturated rings. The number of carbonyl (C=O) groups excluding carboxylic acids is 1. The van der Waals surface area contributed by atoms with Crippen LogP contribution in [0.1, 0.15) is 24.0 Å². The average molecular weight is 202 g/mol. The Kier molecular flexibility index (Phi) is 2.81. The van der Waals surface area contributed by atoms with Gasteiger partial charge in [0.15, 0.2) is 0 Å². The lowest BCUT2D eigenvalue weighted by molar-refractivity contribution is -0.122. The van der Waals surface area contributed by atoms with Crippen LogP contribution in [-0.2, 0) is 4.79 Å². The van der Waals surface area contributed by atoms with Crippen LogP contribution in [0.15, 0.2) is 29.4 Å². The first-order valence-electron chi connectivity index (χ1n) is 5.15. The number of amides is 1. The molecule has 1 aromatic carbocycles. The molecule has 1 aliphatic carbocycles. The second kappa shape index (κ2) is 4.26. The number of benzene rings is 1. The van der Waals surface area contributed by atoms with Crippen molar-refractivity contribution in [3.63, 3.8) is 0 Å². The van der Waals surface area contributed by atoms with E-state index in [1.165, 1.54) is 5.56 Å². The maximum atomic E-state index is 11.2. The van der Waals surface area contributed by atoms with Gasteiger partial charge in [0.05, 0.1) is 6.21 Å². The van der Waals surface area contributed by atoms with Gasteiger partial charge < -0.3 is 0 Å². The summed E-state index contributed by atoms with van der Waals surface area (Å²) in [6.45, 7) is 2.04. The molecule has 1 aromatic rings. The number of hydrogen-bond acceptors (Lipinski definition) is 2. The van der Waals surface area contributed by atoms with Gasteiger partial charge in [0.2, 0.25) is 5.91 Å². The van der Waals surface area contributed by atoms with E-state index in [1.54, 1.807) is 6.21 Å². The maximum absolute atomic E-state index is 11.2. The fraction of sp³-hybridized carbons (Fsp3) is 0.333. The van der Waals surface area contributed by atoms with Crippen LogP contribution in [0.3, 0.4) is 0 Å². The van der Waals surface area contributed by atoms with Gasteiger partial charge in [0, 0.05) is 5.92 Å². The van der Waals surface area contributed by atoms with Crippen LogP contribution in [-0.4, -0.2) is 12.1 Å². The molecule has 78 valence electrons. The number of aryl methyl sites for hydroxylation is 1. The number of nitrogens with one attached hydrogen (secondary N) is 1. The second-order valence-corrected chi connectivity index (χ2v) is 3.92. The lowest BCUT2D eigenvalue weighted by atomic mass is 10.2. The highest BCUT2D eigenvalue weighted by Gasteiger charge is 2.29. The molecular formula is C12H14N2O. The van der Waals surface area contributed by atoms with E-state index in [0.717, 1.165) is 18.4 Å². The van der Waals surface area contributed by atoms with Crippen LogP contribution < -0.4 is 5.43 Å². The van der Waals surface area contributed by atoms with Crippen LogP contribution in [0.2, 0.25) is 0 Å². The molecule has 1 N–H and O–H groups in total. The molecule has 0 bridgehead atoms. The Balaban J connectivity index is 1.87. The summed E-state index contributed by atoms with van der Waals surface area (Å²) < 4.78 is 0. The summed E-state index contributed by atoms with van der Waals surface area (Å²) in [5, 5.41) is 3.91. The lowest BCUT2D eigenvalue weighted by Gasteiger charge is -1.96. The monoisotopic (exact) mass is 202 g/mol. The molecule has 0 saturated heterocycles. The zero-order valence-electron chi connectivity index (χ0n) is 8.73. The molecule has 1 amide bonds. The summed E-state index contributed by atoms with van der Waals surface area (Å²) >= 11 is 0. The van der Waals surface area contributed by atoms with Crippen molar-refractivity contribution in [3.05, 3.63) is 35.4 Å². The lowest BCUT2D eigenvalue weighted by Crippen LogP contribution is -2.18. The third-order valence-electron chi connectivity index (χ3n) is 2.41. The van der Waals surface area contributed by atoms with Crippen LogP contribution >= 0.6 is 0 Å². The summed E-state index contributed by atoms with van der Waals surface area (Å²) in [5.74, 6) is 0.249. The molecule has 3 nitrogen and oxygen atoms in total. The molecule has 0 aliphatic heterocycles. The summed E-state index contributed by atoms with van der Waals surface area (Å²) in [7, 11) is 0. The van der Waals surface area contributed by atoms with Gasteiger partial charge in [0.25, 0.3) is 0 Å². The zero-order valence-corrected chi connectivity index (χ0v) is 8.73. The summed E-state index contributed by atoms with van der Waals surface area (Å²) in [4.78, 5) is 11.2. The van der Waals surface area contributed by atoms with Gasteiger partial charge >= 0.3 is 0 Å².